The Kier molecular flexibility index (Phi) is 4.17. The van der Waals surface area contributed by atoms with E-state index in [1.807, 2.05) is 20.8 Å². The van der Waals surface area contributed by atoms with Crippen LogP contribution in [0, 0.1) is 11.8 Å². The fraction of sp³-hybridized carbons (Fsp3) is 0.706. The highest BCUT2D eigenvalue weighted by molar-refractivity contribution is 5.98. The molecule has 0 bridgehead atoms. The summed E-state index contributed by atoms with van der Waals surface area (Å²) in [5.74, 6) is 0.715. The molecule has 0 aromatic carbocycles. The summed E-state index contributed by atoms with van der Waals surface area (Å²) in [6.45, 7) is 6.98. The molecule has 2 aliphatic rings. The van der Waals surface area contributed by atoms with Crippen molar-refractivity contribution in [2.75, 3.05) is 18.8 Å². The number of amides is 2. The van der Waals surface area contributed by atoms with Crippen LogP contribution in [0.15, 0.2) is 0 Å². The van der Waals surface area contributed by atoms with Gasteiger partial charge in [0.1, 0.15) is 17.0 Å². The quantitative estimate of drug-likeness (QED) is 0.838. The summed E-state index contributed by atoms with van der Waals surface area (Å²) < 4.78 is 6.97. The van der Waals surface area contributed by atoms with Crippen LogP contribution in [0.2, 0.25) is 0 Å². The van der Waals surface area contributed by atoms with Crippen LogP contribution in [0.5, 0.6) is 0 Å². The van der Waals surface area contributed by atoms with Crippen molar-refractivity contribution in [1.82, 2.24) is 14.7 Å². The number of aromatic nitrogens is 2. The van der Waals surface area contributed by atoms with Crippen LogP contribution in [0.1, 0.15) is 55.6 Å². The Hall–Kier alpha value is -2.25. The monoisotopic (exact) mass is 349 g/mol. The molecule has 1 aliphatic heterocycles. The number of primary amides is 1. The van der Waals surface area contributed by atoms with Crippen LogP contribution >= 0.6 is 0 Å². The number of hydrogen-bond donors (Lipinski definition) is 2. The zero-order valence-electron chi connectivity index (χ0n) is 15.3. The van der Waals surface area contributed by atoms with Gasteiger partial charge in [0.05, 0.1) is 5.69 Å². The van der Waals surface area contributed by atoms with Crippen LogP contribution in [0.4, 0.5) is 10.6 Å². The number of ether oxygens (including phenoxy) is 1. The molecule has 138 valence electrons. The van der Waals surface area contributed by atoms with E-state index in [1.165, 1.54) is 4.68 Å². The van der Waals surface area contributed by atoms with Gasteiger partial charge in [-0.15, -0.1) is 0 Å². The third kappa shape index (κ3) is 3.29. The van der Waals surface area contributed by atoms with E-state index in [-0.39, 0.29) is 12.0 Å². The van der Waals surface area contributed by atoms with Gasteiger partial charge in [-0.25, -0.2) is 4.79 Å². The van der Waals surface area contributed by atoms with E-state index in [2.05, 4.69) is 5.10 Å². The molecule has 8 heteroatoms. The van der Waals surface area contributed by atoms with Gasteiger partial charge >= 0.3 is 6.09 Å². The van der Waals surface area contributed by atoms with Crippen LogP contribution in [0.3, 0.4) is 0 Å². The Bertz CT molecular complexity index is 692. The van der Waals surface area contributed by atoms with E-state index in [4.69, 9.17) is 16.2 Å². The normalized spacial score (nSPS) is 25.9. The second kappa shape index (κ2) is 5.93. The smallest absolute Gasteiger partial charge is 0.410 e. The lowest BCUT2D eigenvalue weighted by molar-refractivity contribution is 0.0279. The maximum atomic E-state index is 12.2. The van der Waals surface area contributed by atoms with E-state index in [0.29, 0.717) is 42.0 Å². The number of fused-ring (bicyclic) bond motifs is 1. The lowest BCUT2D eigenvalue weighted by atomic mass is 9.97. The number of nitrogens with zero attached hydrogens (tertiary/aromatic N) is 3. The average molecular weight is 349 g/mol. The molecule has 2 heterocycles. The highest BCUT2D eigenvalue weighted by Gasteiger charge is 2.45. The molecule has 8 nitrogen and oxygen atoms in total. The van der Waals surface area contributed by atoms with E-state index < -0.39 is 11.5 Å². The fourth-order valence-corrected chi connectivity index (χ4v) is 4.10. The summed E-state index contributed by atoms with van der Waals surface area (Å²) in [4.78, 5) is 25.8. The second-order valence-corrected chi connectivity index (χ2v) is 8.21. The minimum atomic E-state index is -0.534. The molecule has 25 heavy (non-hydrogen) atoms. The zero-order chi connectivity index (χ0) is 18.5. The first-order valence-corrected chi connectivity index (χ1v) is 8.67. The molecule has 0 radical (unpaired) electrons. The number of anilines is 1. The number of rotatable bonds is 2. The maximum Gasteiger partial charge on any atom is 0.410 e. The Morgan fingerprint density at radius 1 is 1.20 bits per heavy atom. The third-order valence-corrected chi connectivity index (χ3v) is 5.15. The van der Waals surface area contributed by atoms with Gasteiger partial charge < -0.3 is 21.1 Å². The highest BCUT2D eigenvalue weighted by Crippen LogP contribution is 2.47. The summed E-state index contributed by atoms with van der Waals surface area (Å²) in [7, 11) is 1.71. The van der Waals surface area contributed by atoms with Gasteiger partial charge in [-0.3, -0.25) is 9.48 Å². The number of likely N-dealkylation sites (tertiary alicyclic amines) is 1. The third-order valence-electron chi connectivity index (χ3n) is 5.15. The van der Waals surface area contributed by atoms with Crippen LogP contribution in [-0.2, 0) is 11.8 Å². The lowest BCUT2D eigenvalue weighted by Gasteiger charge is -2.25. The van der Waals surface area contributed by atoms with Crippen LogP contribution in [0.25, 0.3) is 0 Å². The Morgan fingerprint density at radius 3 is 2.24 bits per heavy atom. The topological polar surface area (TPSA) is 116 Å². The number of nitrogens with two attached hydrogens (primary N) is 2. The minimum absolute atomic E-state index is 0.154. The van der Waals surface area contributed by atoms with Gasteiger partial charge in [-0.05, 0) is 45.4 Å². The van der Waals surface area contributed by atoms with Crippen molar-refractivity contribution in [2.45, 2.75) is 45.1 Å². The number of carbonyl (C=O) groups excluding carboxylic acids is 2. The molecule has 4 N–H and O–H groups in total. The first-order valence-electron chi connectivity index (χ1n) is 8.67. The predicted octanol–water partition coefficient (Wildman–Crippen LogP) is 1.46. The molecule has 1 aromatic heterocycles. The van der Waals surface area contributed by atoms with Crippen LogP contribution in [-0.4, -0.2) is 45.4 Å². The Morgan fingerprint density at radius 2 is 1.76 bits per heavy atom. The second-order valence-electron chi connectivity index (χ2n) is 8.21. The summed E-state index contributed by atoms with van der Waals surface area (Å²) >= 11 is 0. The highest BCUT2D eigenvalue weighted by atomic mass is 16.6. The van der Waals surface area contributed by atoms with Gasteiger partial charge in [0, 0.05) is 26.1 Å². The van der Waals surface area contributed by atoms with Gasteiger partial charge in [0.25, 0.3) is 5.91 Å². The first kappa shape index (κ1) is 17.6. The van der Waals surface area contributed by atoms with Crippen molar-refractivity contribution in [3.05, 3.63) is 11.3 Å². The molecular formula is C17H27N5O3. The van der Waals surface area contributed by atoms with Crippen molar-refractivity contribution < 1.29 is 14.3 Å². The maximum absolute atomic E-state index is 12.2. The molecule has 0 spiro atoms. The van der Waals surface area contributed by atoms with Crippen molar-refractivity contribution in [1.29, 1.82) is 0 Å². The molecule has 2 atom stereocenters. The predicted molar refractivity (Wildman–Crippen MR) is 92.9 cm³/mol. The van der Waals surface area contributed by atoms with Crippen molar-refractivity contribution >= 4 is 17.8 Å². The molecule has 1 saturated heterocycles. The van der Waals surface area contributed by atoms with E-state index >= 15 is 0 Å². The van der Waals surface area contributed by atoms with Crippen molar-refractivity contribution in [2.24, 2.45) is 24.6 Å². The minimum Gasteiger partial charge on any atom is -0.444 e. The van der Waals surface area contributed by atoms with E-state index in [0.717, 1.165) is 12.8 Å². The van der Waals surface area contributed by atoms with Gasteiger partial charge in [0.2, 0.25) is 0 Å². The van der Waals surface area contributed by atoms with E-state index in [9.17, 15) is 9.59 Å². The average Bonchev–Trinajstić information content (AvgIpc) is 3.08. The lowest BCUT2D eigenvalue weighted by Crippen LogP contribution is -2.36. The Labute approximate surface area is 147 Å². The summed E-state index contributed by atoms with van der Waals surface area (Å²) in [6, 6.07) is 0. The van der Waals surface area contributed by atoms with Crippen molar-refractivity contribution in [3.63, 3.8) is 0 Å². The molecule has 1 saturated carbocycles. The number of carbonyl (C=O) groups is 2. The van der Waals surface area contributed by atoms with Gasteiger partial charge in [-0.2, -0.15) is 5.10 Å². The molecule has 2 fully saturated rings. The summed E-state index contributed by atoms with van der Waals surface area (Å²) in [5.41, 5.74) is 12.0. The summed E-state index contributed by atoms with van der Waals surface area (Å²) in [6.07, 6.45) is 1.50. The molecular weight excluding hydrogens is 322 g/mol. The first-order chi connectivity index (χ1) is 11.6. The Balaban J connectivity index is 1.69. The van der Waals surface area contributed by atoms with E-state index in [1.54, 1.807) is 11.9 Å². The van der Waals surface area contributed by atoms with Crippen molar-refractivity contribution in [3.8, 4) is 0 Å². The van der Waals surface area contributed by atoms with Gasteiger partial charge in [0.15, 0.2) is 0 Å². The number of aryl methyl sites for hydroxylation is 1. The zero-order valence-corrected chi connectivity index (χ0v) is 15.3. The standard InChI is InChI=1S/C17H27N5O3/c1-17(2,3)25-16(24)22-7-10-5-9(6-11(10)8-22)13-12(15(19)23)14(18)21(4)20-13/h9-11H,5-8,18H2,1-4H3,(H2,19,23). The summed E-state index contributed by atoms with van der Waals surface area (Å²) in [5, 5.41) is 4.43. The molecule has 1 aromatic rings. The fourth-order valence-electron chi connectivity index (χ4n) is 4.10. The van der Waals surface area contributed by atoms with Crippen LogP contribution < -0.4 is 11.5 Å². The molecule has 1 aliphatic carbocycles. The number of nitrogen functional groups attached to an aromatic ring is 1. The van der Waals surface area contributed by atoms with Gasteiger partial charge in [-0.1, -0.05) is 0 Å². The SMILES string of the molecule is Cn1nc(C2CC3CN(C(=O)OC(C)(C)C)CC3C2)c(C(N)=O)c1N. The molecule has 3 rings (SSSR count). The molecule has 2 amide bonds. The molecule has 2 unspecified atom stereocenters. The largest absolute Gasteiger partial charge is 0.444 e. The number of hydrogen-bond acceptors (Lipinski definition) is 5.